The van der Waals surface area contributed by atoms with Gasteiger partial charge in [0.15, 0.2) is 0 Å². The molecule has 0 atom stereocenters. The summed E-state index contributed by atoms with van der Waals surface area (Å²) < 4.78 is 0.732. The molecule has 21 heavy (non-hydrogen) atoms. The highest BCUT2D eigenvalue weighted by molar-refractivity contribution is 9.10. The molecule has 110 valence electrons. The van der Waals surface area contributed by atoms with Crippen LogP contribution in [0.2, 0.25) is 0 Å². The van der Waals surface area contributed by atoms with Crippen LogP contribution in [-0.4, -0.2) is 27.4 Å². The lowest BCUT2D eigenvalue weighted by molar-refractivity contribution is 0.102. The number of hydrogen-bond acceptors (Lipinski definition) is 5. The third-order valence-corrected chi connectivity index (χ3v) is 3.08. The predicted molar refractivity (Wildman–Crippen MR) is 85.6 cm³/mol. The SMILES string of the molecule is CCNc1ncc(Br)cc1C(=O)Nc1nc(C)cc(C)n1. The molecule has 7 heteroatoms. The topological polar surface area (TPSA) is 79.8 Å². The van der Waals surface area contributed by atoms with E-state index in [0.717, 1.165) is 15.9 Å². The van der Waals surface area contributed by atoms with Crippen molar-refractivity contribution in [3.05, 3.63) is 39.8 Å². The van der Waals surface area contributed by atoms with E-state index in [4.69, 9.17) is 0 Å². The van der Waals surface area contributed by atoms with Crippen molar-refractivity contribution in [2.45, 2.75) is 20.8 Å². The summed E-state index contributed by atoms with van der Waals surface area (Å²) in [6, 6.07) is 3.56. The number of carbonyl (C=O) groups is 1. The van der Waals surface area contributed by atoms with Gasteiger partial charge in [0.05, 0.1) is 5.56 Å². The third kappa shape index (κ3) is 3.98. The molecule has 0 fully saturated rings. The molecule has 2 heterocycles. The summed E-state index contributed by atoms with van der Waals surface area (Å²) in [6.45, 7) is 6.33. The molecule has 2 rings (SSSR count). The van der Waals surface area contributed by atoms with E-state index < -0.39 is 0 Å². The molecule has 0 bridgehead atoms. The van der Waals surface area contributed by atoms with Crippen molar-refractivity contribution in [1.82, 2.24) is 15.0 Å². The Labute approximate surface area is 131 Å². The van der Waals surface area contributed by atoms with Gasteiger partial charge in [-0.15, -0.1) is 0 Å². The summed E-state index contributed by atoms with van der Waals surface area (Å²) in [5, 5.41) is 5.76. The summed E-state index contributed by atoms with van der Waals surface area (Å²) in [6.07, 6.45) is 1.64. The maximum Gasteiger partial charge on any atom is 0.261 e. The highest BCUT2D eigenvalue weighted by Gasteiger charge is 2.14. The summed E-state index contributed by atoms with van der Waals surface area (Å²) in [5.74, 6) is 0.521. The van der Waals surface area contributed by atoms with Crippen molar-refractivity contribution < 1.29 is 4.79 Å². The van der Waals surface area contributed by atoms with Crippen LogP contribution in [0.1, 0.15) is 28.7 Å². The Morgan fingerprint density at radius 1 is 1.24 bits per heavy atom. The number of aromatic nitrogens is 3. The number of pyridine rings is 1. The fraction of sp³-hybridized carbons (Fsp3) is 0.286. The van der Waals surface area contributed by atoms with Gasteiger partial charge in [-0.3, -0.25) is 10.1 Å². The van der Waals surface area contributed by atoms with Crippen molar-refractivity contribution in [2.24, 2.45) is 0 Å². The molecule has 1 amide bonds. The highest BCUT2D eigenvalue weighted by Crippen LogP contribution is 2.19. The van der Waals surface area contributed by atoms with Crippen LogP contribution in [0, 0.1) is 13.8 Å². The van der Waals surface area contributed by atoms with E-state index in [1.807, 2.05) is 26.8 Å². The van der Waals surface area contributed by atoms with Crippen LogP contribution < -0.4 is 10.6 Å². The van der Waals surface area contributed by atoms with Crippen LogP contribution in [0.15, 0.2) is 22.8 Å². The average molecular weight is 350 g/mol. The van der Waals surface area contributed by atoms with Gasteiger partial charge in [-0.05, 0) is 48.8 Å². The van der Waals surface area contributed by atoms with Crippen LogP contribution in [0.3, 0.4) is 0 Å². The van der Waals surface area contributed by atoms with Crippen molar-refractivity contribution in [1.29, 1.82) is 0 Å². The first kappa shape index (κ1) is 15.4. The maximum absolute atomic E-state index is 12.4. The molecule has 0 aliphatic carbocycles. The molecule has 2 aromatic rings. The predicted octanol–water partition coefficient (Wildman–Crippen LogP) is 2.94. The minimum atomic E-state index is -0.301. The van der Waals surface area contributed by atoms with E-state index in [-0.39, 0.29) is 5.91 Å². The van der Waals surface area contributed by atoms with E-state index >= 15 is 0 Å². The number of aryl methyl sites for hydroxylation is 2. The number of rotatable bonds is 4. The Bertz CT molecular complexity index is 654. The molecule has 0 spiro atoms. The first-order valence-electron chi connectivity index (χ1n) is 6.52. The molecule has 0 aliphatic heterocycles. The Morgan fingerprint density at radius 3 is 2.52 bits per heavy atom. The molecular formula is C14H16BrN5O. The van der Waals surface area contributed by atoms with Gasteiger partial charge in [0.1, 0.15) is 5.82 Å². The first-order chi connectivity index (χ1) is 9.99. The smallest absolute Gasteiger partial charge is 0.261 e. The van der Waals surface area contributed by atoms with Gasteiger partial charge in [0.25, 0.3) is 5.91 Å². The van der Waals surface area contributed by atoms with Crippen molar-refractivity contribution in [2.75, 3.05) is 17.2 Å². The van der Waals surface area contributed by atoms with E-state index in [9.17, 15) is 4.79 Å². The minimum absolute atomic E-state index is 0.292. The number of halogens is 1. The zero-order valence-corrected chi connectivity index (χ0v) is 13.7. The van der Waals surface area contributed by atoms with Gasteiger partial charge >= 0.3 is 0 Å². The monoisotopic (exact) mass is 349 g/mol. The normalized spacial score (nSPS) is 10.3. The highest BCUT2D eigenvalue weighted by atomic mass is 79.9. The molecule has 0 saturated heterocycles. The fourth-order valence-electron chi connectivity index (χ4n) is 1.87. The molecular weight excluding hydrogens is 334 g/mol. The zero-order chi connectivity index (χ0) is 15.4. The van der Waals surface area contributed by atoms with Crippen LogP contribution in [0.5, 0.6) is 0 Å². The number of carbonyl (C=O) groups excluding carboxylic acids is 1. The average Bonchev–Trinajstić information content (AvgIpc) is 2.39. The Balaban J connectivity index is 2.29. The number of hydrogen-bond donors (Lipinski definition) is 2. The second-order valence-corrected chi connectivity index (χ2v) is 5.42. The van der Waals surface area contributed by atoms with Crippen LogP contribution in [0.25, 0.3) is 0 Å². The zero-order valence-electron chi connectivity index (χ0n) is 12.1. The van der Waals surface area contributed by atoms with Gasteiger partial charge in [-0.25, -0.2) is 15.0 Å². The second kappa shape index (κ2) is 6.62. The van der Waals surface area contributed by atoms with E-state index in [1.54, 1.807) is 12.3 Å². The largest absolute Gasteiger partial charge is 0.370 e. The van der Waals surface area contributed by atoms with Crippen LogP contribution in [-0.2, 0) is 0 Å². The minimum Gasteiger partial charge on any atom is -0.370 e. The molecule has 0 aliphatic rings. The molecule has 0 unspecified atom stereocenters. The van der Waals surface area contributed by atoms with E-state index in [2.05, 4.69) is 41.5 Å². The van der Waals surface area contributed by atoms with E-state index in [1.165, 1.54) is 0 Å². The van der Waals surface area contributed by atoms with Gasteiger partial charge in [0, 0.05) is 28.6 Å². The Hall–Kier alpha value is -2.02. The lowest BCUT2D eigenvalue weighted by Gasteiger charge is -2.10. The quantitative estimate of drug-likeness (QED) is 0.886. The van der Waals surface area contributed by atoms with Crippen LogP contribution >= 0.6 is 15.9 Å². The fourth-order valence-corrected chi connectivity index (χ4v) is 2.20. The van der Waals surface area contributed by atoms with Crippen molar-refractivity contribution >= 4 is 33.6 Å². The summed E-state index contributed by atoms with van der Waals surface area (Å²) in [5.41, 5.74) is 2.04. The van der Waals surface area contributed by atoms with Gasteiger partial charge in [0.2, 0.25) is 5.95 Å². The van der Waals surface area contributed by atoms with Crippen LogP contribution in [0.4, 0.5) is 11.8 Å². The van der Waals surface area contributed by atoms with Crippen molar-refractivity contribution in [3.63, 3.8) is 0 Å². The van der Waals surface area contributed by atoms with Gasteiger partial charge in [-0.2, -0.15) is 0 Å². The molecule has 2 N–H and O–H groups in total. The first-order valence-corrected chi connectivity index (χ1v) is 7.32. The van der Waals surface area contributed by atoms with E-state index in [0.29, 0.717) is 23.9 Å². The summed E-state index contributed by atoms with van der Waals surface area (Å²) >= 11 is 3.32. The molecule has 2 aromatic heterocycles. The number of anilines is 2. The second-order valence-electron chi connectivity index (χ2n) is 4.51. The molecule has 0 radical (unpaired) electrons. The number of nitrogens with zero attached hydrogens (tertiary/aromatic N) is 3. The number of amides is 1. The molecule has 6 nitrogen and oxygen atoms in total. The molecule has 0 saturated carbocycles. The third-order valence-electron chi connectivity index (χ3n) is 2.65. The van der Waals surface area contributed by atoms with Gasteiger partial charge in [-0.1, -0.05) is 0 Å². The number of nitrogens with one attached hydrogen (secondary N) is 2. The standard InChI is InChI=1S/C14H16BrN5O/c1-4-16-12-11(6-10(15)7-17-12)13(21)20-14-18-8(2)5-9(3)19-14/h5-7H,4H2,1-3H3,(H,16,17)(H,18,19,20,21). The lowest BCUT2D eigenvalue weighted by Crippen LogP contribution is -2.18. The summed E-state index contributed by atoms with van der Waals surface area (Å²) in [4.78, 5) is 25.0. The Kier molecular flexibility index (Phi) is 4.85. The van der Waals surface area contributed by atoms with Crippen molar-refractivity contribution in [3.8, 4) is 0 Å². The maximum atomic E-state index is 12.4. The lowest BCUT2D eigenvalue weighted by atomic mass is 10.2. The Morgan fingerprint density at radius 2 is 1.90 bits per heavy atom. The summed E-state index contributed by atoms with van der Waals surface area (Å²) in [7, 11) is 0. The van der Waals surface area contributed by atoms with Gasteiger partial charge < -0.3 is 5.32 Å². The molecule has 0 aromatic carbocycles.